The number of benzene rings is 3. The number of nitrogens with two attached hydrogens (primary N) is 2. The third-order valence-corrected chi connectivity index (χ3v) is 8.58. The molecule has 14 heteroatoms. The number of hydrogen-bond donors (Lipinski definition) is 5. The molecule has 0 aliphatic carbocycles. The number of alkyl carbamates (subject to hydrolysis) is 1. The van der Waals surface area contributed by atoms with Gasteiger partial charge in [0.15, 0.2) is 5.96 Å². The highest BCUT2D eigenvalue weighted by molar-refractivity contribution is 6.14. The van der Waals surface area contributed by atoms with Gasteiger partial charge in [0.05, 0.1) is 11.3 Å². The Morgan fingerprint density at radius 3 is 1.98 bits per heavy atom. The summed E-state index contributed by atoms with van der Waals surface area (Å²) in [6, 6.07) is 26.3. The van der Waals surface area contributed by atoms with Gasteiger partial charge in [-0.05, 0) is 70.6 Å². The Hall–Kier alpha value is -6.44. The maximum Gasteiger partial charge on any atom is 0.414 e. The predicted octanol–water partition coefficient (Wildman–Crippen LogP) is 5.86. The van der Waals surface area contributed by atoms with E-state index in [-0.39, 0.29) is 55.8 Å². The van der Waals surface area contributed by atoms with Crippen molar-refractivity contribution >= 4 is 35.7 Å². The molecule has 0 unspecified atom stereocenters. The molecule has 0 fully saturated rings. The highest BCUT2D eigenvalue weighted by Crippen LogP contribution is 2.41. The summed E-state index contributed by atoms with van der Waals surface area (Å²) >= 11 is 0. The lowest BCUT2D eigenvalue weighted by atomic mass is 9.96. The van der Waals surface area contributed by atoms with Crippen LogP contribution in [0.3, 0.4) is 0 Å². The van der Waals surface area contributed by atoms with Gasteiger partial charge in [-0.3, -0.25) is 29.5 Å². The summed E-state index contributed by atoms with van der Waals surface area (Å²) in [6.07, 6.45) is 0.00782. The van der Waals surface area contributed by atoms with Crippen molar-refractivity contribution in [3.63, 3.8) is 0 Å². The normalized spacial score (nSPS) is 12.1. The molecular formula is C43H53N7O7. The summed E-state index contributed by atoms with van der Waals surface area (Å²) in [6.45, 7) is 9.61. The van der Waals surface area contributed by atoms with Crippen molar-refractivity contribution in [3.05, 3.63) is 108 Å². The Morgan fingerprint density at radius 2 is 1.40 bits per heavy atom. The number of primary amides is 1. The van der Waals surface area contributed by atoms with Crippen molar-refractivity contribution in [2.75, 3.05) is 13.1 Å². The van der Waals surface area contributed by atoms with Crippen LogP contribution in [0.25, 0.3) is 22.4 Å². The largest absolute Gasteiger partial charge is 0.461 e. The molecule has 0 saturated carbocycles. The average molecular weight is 780 g/mol. The van der Waals surface area contributed by atoms with E-state index in [1.54, 1.807) is 20.8 Å². The molecule has 1 atom stereocenters. The van der Waals surface area contributed by atoms with Crippen molar-refractivity contribution < 1.29 is 33.4 Å². The van der Waals surface area contributed by atoms with Gasteiger partial charge in [0.1, 0.15) is 23.9 Å². The number of aromatic nitrogens is 1. The first-order valence-corrected chi connectivity index (χ1v) is 18.9. The smallest absolute Gasteiger partial charge is 0.414 e. The SMILES string of the molecule is CC(C)n1c(C(=O)NCCCCN=C(N)NC(=O)OC(C)(C)C)c(C(=O)N[C@@H](CCC(=O)OCc2ccccc2)C(N)=O)c(-c2ccccc2)c1-c1ccccc1. The molecular weight excluding hydrogens is 727 g/mol. The van der Waals surface area contributed by atoms with E-state index in [0.29, 0.717) is 29.7 Å². The number of guanidine groups is 1. The standard InChI is InChI=1S/C43H53N7O7/c1-28(2)50-36(31-21-13-8-14-22-31)34(30-19-11-7-12-20-30)35(37(50)40(54)46-25-15-16-26-47-41(45)49-42(55)57-43(3,4)5)39(53)48-32(38(44)52)23-24-33(51)56-27-29-17-9-6-10-18-29/h6-14,17-22,28,32H,15-16,23-27H2,1-5H3,(H2,44,52)(H,46,54)(H,48,53)(H3,45,47,49,55)/t32-/m0/s1. The van der Waals surface area contributed by atoms with E-state index in [2.05, 4.69) is 20.9 Å². The number of nitrogens with zero attached hydrogens (tertiary/aromatic N) is 2. The fraction of sp³-hybridized carbons (Fsp3) is 0.349. The number of rotatable bonds is 17. The van der Waals surface area contributed by atoms with E-state index >= 15 is 0 Å². The van der Waals surface area contributed by atoms with Crippen LogP contribution in [0, 0.1) is 0 Å². The second-order valence-electron chi connectivity index (χ2n) is 14.6. The molecule has 0 bridgehead atoms. The van der Waals surface area contributed by atoms with Gasteiger partial charge in [-0.1, -0.05) is 91.0 Å². The number of carbonyl (C=O) groups is 5. The fourth-order valence-electron chi connectivity index (χ4n) is 6.07. The molecule has 1 heterocycles. The van der Waals surface area contributed by atoms with Crippen LogP contribution < -0.4 is 27.4 Å². The Kier molecular flexibility index (Phi) is 15.5. The van der Waals surface area contributed by atoms with Crippen molar-refractivity contribution in [2.24, 2.45) is 16.5 Å². The summed E-state index contributed by atoms with van der Waals surface area (Å²) in [5.74, 6) is -2.71. The predicted molar refractivity (Wildman–Crippen MR) is 219 cm³/mol. The van der Waals surface area contributed by atoms with E-state index in [1.165, 1.54) is 0 Å². The van der Waals surface area contributed by atoms with Crippen LogP contribution in [0.15, 0.2) is 96.0 Å². The minimum atomic E-state index is -1.25. The van der Waals surface area contributed by atoms with E-state index in [9.17, 15) is 24.0 Å². The molecule has 302 valence electrons. The molecule has 4 aromatic rings. The molecule has 57 heavy (non-hydrogen) atoms. The third kappa shape index (κ3) is 12.8. The number of nitrogens with one attached hydrogen (secondary N) is 3. The van der Waals surface area contributed by atoms with Gasteiger partial charge in [0, 0.05) is 31.1 Å². The van der Waals surface area contributed by atoms with E-state index < -0.39 is 41.4 Å². The van der Waals surface area contributed by atoms with Crippen LogP contribution in [0.1, 0.15) is 92.8 Å². The quantitative estimate of drug-likeness (QED) is 0.0379. The van der Waals surface area contributed by atoms with E-state index in [1.807, 2.05) is 109 Å². The maximum absolute atomic E-state index is 14.6. The maximum atomic E-state index is 14.6. The molecule has 0 spiro atoms. The lowest BCUT2D eigenvalue weighted by Crippen LogP contribution is -2.45. The molecule has 4 amide bonds. The average Bonchev–Trinajstić information content (AvgIpc) is 3.54. The van der Waals surface area contributed by atoms with E-state index in [4.69, 9.17) is 20.9 Å². The molecule has 0 radical (unpaired) electrons. The Bertz CT molecular complexity index is 2020. The van der Waals surface area contributed by atoms with Crippen LogP contribution in [-0.2, 0) is 25.7 Å². The number of unbranched alkanes of at least 4 members (excludes halogenated alkanes) is 1. The van der Waals surface area contributed by atoms with Gasteiger partial charge >= 0.3 is 12.1 Å². The van der Waals surface area contributed by atoms with Crippen molar-refractivity contribution in [2.45, 2.75) is 84.6 Å². The van der Waals surface area contributed by atoms with Gasteiger partial charge < -0.3 is 36.1 Å². The number of hydrogen-bond acceptors (Lipinski definition) is 8. The first-order chi connectivity index (χ1) is 27.2. The van der Waals surface area contributed by atoms with Crippen molar-refractivity contribution in [1.82, 2.24) is 20.5 Å². The Balaban J connectivity index is 1.62. The van der Waals surface area contributed by atoms with Gasteiger partial charge in [-0.2, -0.15) is 0 Å². The van der Waals surface area contributed by atoms with Crippen molar-refractivity contribution in [3.8, 4) is 22.4 Å². The Labute approximate surface area is 333 Å². The molecule has 1 aromatic heterocycles. The molecule has 0 aliphatic rings. The number of amides is 4. The number of ether oxygens (including phenoxy) is 2. The first kappa shape index (κ1) is 43.3. The molecule has 4 rings (SSSR count). The molecule has 3 aromatic carbocycles. The topological polar surface area (TPSA) is 209 Å². The highest BCUT2D eigenvalue weighted by atomic mass is 16.6. The minimum absolute atomic E-state index is 0.0507. The van der Waals surface area contributed by atoms with Gasteiger partial charge in [-0.15, -0.1) is 0 Å². The minimum Gasteiger partial charge on any atom is -0.461 e. The second kappa shape index (κ2) is 20.5. The summed E-state index contributed by atoms with van der Waals surface area (Å²) in [4.78, 5) is 70.5. The number of esters is 1. The zero-order valence-electron chi connectivity index (χ0n) is 33.2. The molecule has 0 saturated heterocycles. The van der Waals surface area contributed by atoms with Crippen molar-refractivity contribution in [1.29, 1.82) is 0 Å². The summed E-state index contributed by atoms with van der Waals surface area (Å²) < 4.78 is 12.4. The van der Waals surface area contributed by atoms with Gasteiger partial charge in [0.2, 0.25) is 5.91 Å². The first-order valence-electron chi connectivity index (χ1n) is 18.9. The zero-order chi connectivity index (χ0) is 41.5. The van der Waals surface area contributed by atoms with Crippen LogP contribution in [0.4, 0.5) is 4.79 Å². The summed E-state index contributed by atoms with van der Waals surface area (Å²) in [5.41, 5.74) is 14.4. The lowest BCUT2D eigenvalue weighted by Gasteiger charge is -2.19. The lowest BCUT2D eigenvalue weighted by molar-refractivity contribution is -0.145. The fourth-order valence-corrected chi connectivity index (χ4v) is 6.07. The summed E-state index contributed by atoms with van der Waals surface area (Å²) in [5, 5.41) is 8.08. The number of aliphatic imine (C=N–C) groups is 1. The zero-order valence-corrected chi connectivity index (χ0v) is 33.2. The van der Waals surface area contributed by atoms with E-state index in [0.717, 1.165) is 11.1 Å². The van der Waals surface area contributed by atoms with Gasteiger partial charge in [0.25, 0.3) is 11.8 Å². The highest BCUT2D eigenvalue weighted by Gasteiger charge is 2.35. The third-order valence-electron chi connectivity index (χ3n) is 8.58. The molecule has 7 N–H and O–H groups in total. The van der Waals surface area contributed by atoms with Crippen LogP contribution in [-0.4, -0.2) is 65.0 Å². The Morgan fingerprint density at radius 1 is 0.807 bits per heavy atom. The monoisotopic (exact) mass is 779 g/mol. The second-order valence-corrected chi connectivity index (χ2v) is 14.6. The van der Waals surface area contributed by atoms with Gasteiger partial charge in [-0.25, -0.2) is 4.79 Å². The van der Waals surface area contributed by atoms with Crippen LogP contribution in [0.5, 0.6) is 0 Å². The van der Waals surface area contributed by atoms with Crippen LogP contribution >= 0.6 is 0 Å². The number of carbonyl (C=O) groups excluding carboxylic acids is 5. The summed E-state index contributed by atoms with van der Waals surface area (Å²) in [7, 11) is 0. The van der Waals surface area contributed by atoms with Crippen LogP contribution in [0.2, 0.25) is 0 Å². The molecule has 14 nitrogen and oxygen atoms in total. The molecule has 0 aliphatic heterocycles.